The highest BCUT2D eigenvalue weighted by Crippen LogP contribution is 2.67. The van der Waals surface area contributed by atoms with Gasteiger partial charge in [-0.3, -0.25) is 0 Å². The highest BCUT2D eigenvalue weighted by atomic mass is 16.5. The number of ether oxygens (including phenoxy) is 1. The number of fused-ring (bicyclic) bond motifs is 5. The molecule has 0 bridgehead atoms. The minimum atomic E-state index is 0.234. The Kier molecular flexibility index (Phi) is 15.5. The van der Waals surface area contributed by atoms with Gasteiger partial charge in [-0.1, -0.05) is 137 Å². The van der Waals surface area contributed by atoms with E-state index in [4.69, 9.17) is 4.74 Å². The lowest BCUT2D eigenvalue weighted by Crippen LogP contribution is -2.51. The molecule has 0 amide bonds. The topological polar surface area (TPSA) is 29.5 Å². The smallest absolute Gasteiger partial charge is 0.0629 e. The summed E-state index contributed by atoms with van der Waals surface area (Å²) in [5.41, 5.74) is 2.71. The molecule has 10 atom stereocenters. The molecule has 0 aromatic carbocycles. The Morgan fingerprint density at radius 3 is 2.13 bits per heavy atom. The third kappa shape index (κ3) is 9.46. The zero-order chi connectivity index (χ0) is 33.2. The molecule has 0 saturated heterocycles. The number of hydrogen-bond acceptors (Lipinski definition) is 2. The maximum Gasteiger partial charge on any atom is 0.0629 e. The maximum absolute atomic E-state index is 10.1. The molecule has 2 heteroatoms. The zero-order valence-corrected chi connectivity index (χ0v) is 32.1. The van der Waals surface area contributed by atoms with Crippen molar-refractivity contribution in [1.29, 1.82) is 0 Å². The van der Waals surface area contributed by atoms with Crippen molar-refractivity contribution < 1.29 is 9.84 Å². The normalized spacial score (nSPS) is 34.5. The lowest BCUT2D eigenvalue weighted by molar-refractivity contribution is -0.0922. The first-order chi connectivity index (χ1) is 22.2. The van der Waals surface area contributed by atoms with Gasteiger partial charge < -0.3 is 9.84 Å². The quantitative estimate of drug-likeness (QED) is 0.0999. The minimum Gasteiger partial charge on any atom is -0.396 e. The number of rotatable bonds is 21. The van der Waals surface area contributed by atoms with Crippen LogP contribution >= 0.6 is 0 Å². The number of hydrogen-bond donors (Lipinski definition) is 1. The Hall–Kier alpha value is -0.340. The van der Waals surface area contributed by atoms with Gasteiger partial charge in [-0.05, 0) is 123 Å². The van der Waals surface area contributed by atoms with Crippen LogP contribution in [0.2, 0.25) is 0 Å². The first kappa shape index (κ1) is 38.5. The van der Waals surface area contributed by atoms with E-state index in [-0.39, 0.29) is 12.7 Å². The molecule has 4 aliphatic rings. The summed E-state index contributed by atoms with van der Waals surface area (Å²) in [6, 6.07) is 0. The van der Waals surface area contributed by atoms with Crippen LogP contribution in [0, 0.1) is 52.3 Å². The maximum atomic E-state index is 10.1. The average molecular weight is 641 g/mol. The van der Waals surface area contributed by atoms with Crippen LogP contribution in [-0.2, 0) is 4.74 Å². The molecule has 0 radical (unpaired) electrons. The fourth-order valence-corrected chi connectivity index (χ4v) is 11.9. The molecule has 1 N–H and O–H groups in total. The van der Waals surface area contributed by atoms with Crippen LogP contribution < -0.4 is 0 Å². The number of unbranched alkanes of at least 4 members (excludes halogenated alkanes) is 7. The van der Waals surface area contributed by atoms with E-state index in [1.165, 1.54) is 135 Å². The van der Waals surface area contributed by atoms with Crippen molar-refractivity contribution in [3.63, 3.8) is 0 Å². The van der Waals surface area contributed by atoms with Gasteiger partial charge in [0.15, 0.2) is 0 Å². The van der Waals surface area contributed by atoms with E-state index in [1.807, 2.05) is 0 Å². The molecule has 0 aliphatic heterocycles. The molecule has 46 heavy (non-hydrogen) atoms. The molecule has 0 aromatic heterocycles. The summed E-state index contributed by atoms with van der Waals surface area (Å²) in [5, 5.41) is 10.1. The van der Waals surface area contributed by atoms with E-state index in [2.05, 4.69) is 54.5 Å². The molecule has 3 saturated carbocycles. The van der Waals surface area contributed by atoms with Gasteiger partial charge in [0.05, 0.1) is 12.2 Å². The summed E-state index contributed by atoms with van der Waals surface area (Å²) in [6.45, 7) is 17.7. The molecule has 4 rings (SSSR count). The van der Waals surface area contributed by atoms with Crippen molar-refractivity contribution in [3.05, 3.63) is 11.6 Å². The third-order valence-electron chi connectivity index (χ3n) is 14.7. The second kappa shape index (κ2) is 18.6. The van der Waals surface area contributed by atoms with E-state index in [1.54, 1.807) is 5.57 Å². The molecule has 0 heterocycles. The summed E-state index contributed by atoms with van der Waals surface area (Å²) in [4.78, 5) is 0. The van der Waals surface area contributed by atoms with Gasteiger partial charge in [0.1, 0.15) is 0 Å². The summed E-state index contributed by atoms with van der Waals surface area (Å²) < 4.78 is 7.13. The SMILES string of the molecule is CCCCCCCC(CCCCCC)C(CCO)OC1CCC2(C)C(=CCC3C2CCC2(C)C(C(C)CCCC(C)C)CCC32)C1. The van der Waals surface area contributed by atoms with Gasteiger partial charge in [-0.15, -0.1) is 0 Å². The van der Waals surface area contributed by atoms with Crippen molar-refractivity contribution in [1.82, 2.24) is 0 Å². The Balaban J connectivity index is 1.39. The monoisotopic (exact) mass is 641 g/mol. The van der Waals surface area contributed by atoms with Crippen LogP contribution in [0.4, 0.5) is 0 Å². The van der Waals surface area contributed by atoms with Crippen LogP contribution in [0.15, 0.2) is 11.6 Å². The van der Waals surface area contributed by atoms with E-state index < -0.39 is 0 Å². The largest absolute Gasteiger partial charge is 0.396 e. The Bertz CT molecular complexity index is 892. The van der Waals surface area contributed by atoms with Gasteiger partial charge in [-0.25, -0.2) is 0 Å². The van der Waals surface area contributed by atoms with Gasteiger partial charge >= 0.3 is 0 Å². The zero-order valence-electron chi connectivity index (χ0n) is 32.1. The van der Waals surface area contributed by atoms with E-state index in [0.29, 0.717) is 22.9 Å². The summed E-state index contributed by atoms with van der Waals surface area (Å²) >= 11 is 0. The Labute approximate surface area is 288 Å². The van der Waals surface area contributed by atoms with Gasteiger partial charge in [0, 0.05) is 6.61 Å². The van der Waals surface area contributed by atoms with Crippen LogP contribution in [0.3, 0.4) is 0 Å². The van der Waals surface area contributed by atoms with Crippen molar-refractivity contribution in [2.75, 3.05) is 6.61 Å². The molecule has 2 nitrogen and oxygen atoms in total. The number of aliphatic hydroxyl groups excluding tert-OH is 1. The summed E-state index contributed by atoms with van der Waals surface area (Å²) in [5.74, 6) is 6.01. The standard InChI is InChI=1S/C44H80O2/c1-8-10-12-14-16-21-35(20-15-13-11-9-2)42(28-31-45)46-37-26-29-43(6)36(32-37)22-23-38-40-25-24-39(34(5)19-17-18-33(3)4)44(40,7)30-27-41(38)43/h22,33-35,37-42,45H,8-21,23-32H2,1-7H3. The van der Waals surface area contributed by atoms with Gasteiger partial charge in [0.25, 0.3) is 0 Å². The van der Waals surface area contributed by atoms with Crippen molar-refractivity contribution >= 4 is 0 Å². The Morgan fingerprint density at radius 1 is 0.761 bits per heavy atom. The predicted octanol–water partition coefficient (Wildman–Crippen LogP) is 13.1. The van der Waals surface area contributed by atoms with Gasteiger partial charge in [-0.2, -0.15) is 0 Å². The van der Waals surface area contributed by atoms with E-state index in [0.717, 1.165) is 48.3 Å². The predicted molar refractivity (Wildman–Crippen MR) is 199 cm³/mol. The molecule has 10 unspecified atom stereocenters. The molecule has 0 spiro atoms. The fraction of sp³-hybridized carbons (Fsp3) is 0.955. The Morgan fingerprint density at radius 2 is 1.46 bits per heavy atom. The van der Waals surface area contributed by atoms with Crippen molar-refractivity contribution in [3.8, 4) is 0 Å². The first-order valence-corrected chi connectivity index (χ1v) is 21.1. The summed E-state index contributed by atoms with van der Waals surface area (Å²) in [6.07, 6.45) is 34.0. The number of aliphatic hydroxyl groups is 1. The van der Waals surface area contributed by atoms with Crippen LogP contribution in [0.5, 0.6) is 0 Å². The molecule has 4 aliphatic carbocycles. The first-order valence-electron chi connectivity index (χ1n) is 21.1. The molecule has 0 aromatic rings. The number of allylic oxidation sites excluding steroid dienone is 1. The van der Waals surface area contributed by atoms with E-state index in [9.17, 15) is 5.11 Å². The molecule has 268 valence electrons. The molecule has 3 fully saturated rings. The van der Waals surface area contributed by atoms with Crippen LogP contribution in [-0.4, -0.2) is 23.9 Å². The average Bonchev–Trinajstić information content (AvgIpc) is 3.39. The third-order valence-corrected chi connectivity index (χ3v) is 14.7. The minimum absolute atomic E-state index is 0.234. The second-order valence-electron chi connectivity index (χ2n) is 18.2. The molecular formula is C44H80O2. The lowest BCUT2D eigenvalue weighted by Gasteiger charge is -2.58. The lowest BCUT2D eigenvalue weighted by atomic mass is 9.47. The second-order valence-corrected chi connectivity index (χ2v) is 18.2. The molecular weight excluding hydrogens is 560 g/mol. The van der Waals surface area contributed by atoms with Gasteiger partial charge in [0.2, 0.25) is 0 Å². The highest BCUT2D eigenvalue weighted by molar-refractivity contribution is 5.25. The summed E-state index contributed by atoms with van der Waals surface area (Å²) in [7, 11) is 0. The van der Waals surface area contributed by atoms with Crippen LogP contribution in [0.1, 0.15) is 196 Å². The van der Waals surface area contributed by atoms with Crippen molar-refractivity contribution in [2.24, 2.45) is 52.3 Å². The van der Waals surface area contributed by atoms with Crippen molar-refractivity contribution in [2.45, 2.75) is 208 Å². The van der Waals surface area contributed by atoms with E-state index >= 15 is 0 Å². The fourth-order valence-electron chi connectivity index (χ4n) is 11.9. The van der Waals surface area contributed by atoms with Crippen LogP contribution in [0.25, 0.3) is 0 Å². The highest BCUT2D eigenvalue weighted by Gasteiger charge is 2.59.